The average molecular weight is 287 g/mol. The molecule has 21 heavy (non-hydrogen) atoms. The van der Waals surface area contributed by atoms with Gasteiger partial charge < -0.3 is 15.1 Å². The van der Waals surface area contributed by atoms with Crippen LogP contribution in [-0.2, 0) is 13.0 Å². The van der Waals surface area contributed by atoms with Crippen LogP contribution in [0.2, 0.25) is 0 Å². The average Bonchev–Trinajstić information content (AvgIpc) is 3.07. The molecule has 1 heterocycles. The predicted octanol–water partition coefficient (Wildman–Crippen LogP) is 2.64. The lowest BCUT2D eigenvalue weighted by molar-refractivity contribution is 0.153. The Kier molecular flexibility index (Phi) is 4.23. The van der Waals surface area contributed by atoms with Crippen LogP contribution in [0.25, 0.3) is 0 Å². The molecule has 3 heteroatoms. The molecule has 116 valence electrons. The summed E-state index contributed by atoms with van der Waals surface area (Å²) in [6, 6.07) is 6.96. The summed E-state index contributed by atoms with van der Waals surface area (Å²) in [4.78, 5) is 4.79. The molecule has 0 radical (unpaired) electrons. The molecule has 1 saturated carbocycles. The Morgan fingerprint density at radius 2 is 2.00 bits per heavy atom. The number of hydrogen-bond acceptors (Lipinski definition) is 3. The van der Waals surface area contributed by atoms with Crippen LogP contribution in [0.5, 0.6) is 0 Å². The third-order valence-corrected chi connectivity index (χ3v) is 5.54. The maximum absolute atomic E-state index is 3.71. The largest absolute Gasteiger partial charge is 0.374 e. The Bertz CT molecular complexity index is 489. The van der Waals surface area contributed by atoms with Gasteiger partial charge in [0.1, 0.15) is 0 Å². The molecule has 1 fully saturated rings. The number of benzene rings is 1. The first-order chi connectivity index (χ1) is 10.1. The van der Waals surface area contributed by atoms with Crippen molar-refractivity contribution in [2.75, 3.05) is 39.1 Å². The van der Waals surface area contributed by atoms with Gasteiger partial charge in [0.15, 0.2) is 0 Å². The summed E-state index contributed by atoms with van der Waals surface area (Å²) in [5.74, 6) is 0. The van der Waals surface area contributed by atoms with E-state index in [0.717, 1.165) is 19.6 Å². The van der Waals surface area contributed by atoms with Crippen molar-refractivity contribution in [2.24, 2.45) is 0 Å². The fourth-order valence-corrected chi connectivity index (χ4v) is 3.98. The first-order valence-corrected chi connectivity index (χ1v) is 8.32. The molecule has 0 spiro atoms. The van der Waals surface area contributed by atoms with E-state index in [1.165, 1.54) is 48.9 Å². The highest BCUT2D eigenvalue weighted by molar-refractivity contribution is 5.58. The maximum Gasteiger partial charge on any atom is 0.0397 e. The highest BCUT2D eigenvalue weighted by atomic mass is 15.2. The van der Waals surface area contributed by atoms with E-state index in [1.807, 2.05) is 0 Å². The number of nitrogens with zero attached hydrogens (tertiary/aromatic N) is 2. The van der Waals surface area contributed by atoms with Crippen LogP contribution in [-0.4, -0.2) is 44.7 Å². The summed E-state index contributed by atoms with van der Waals surface area (Å²) in [7, 11) is 6.65. The molecule has 0 unspecified atom stereocenters. The van der Waals surface area contributed by atoms with E-state index in [0.29, 0.717) is 5.54 Å². The number of likely N-dealkylation sites (N-methyl/N-ethyl adjacent to an activating group) is 2. The Labute approximate surface area is 129 Å². The standard InChI is InChI=1S/C18H29N3/c1-20(2)18(9-4-5-10-18)14-19-13-15-6-7-17-16(12-15)8-11-21(17)3/h6-7,12,19H,4-5,8-11,13-14H2,1-3H3. The molecule has 1 aliphatic heterocycles. The highest BCUT2D eigenvalue weighted by Gasteiger charge is 2.35. The Hall–Kier alpha value is -1.06. The molecule has 0 saturated heterocycles. The zero-order chi connectivity index (χ0) is 14.9. The zero-order valence-corrected chi connectivity index (χ0v) is 13.8. The van der Waals surface area contributed by atoms with E-state index >= 15 is 0 Å². The van der Waals surface area contributed by atoms with Crippen LogP contribution in [0.3, 0.4) is 0 Å². The fraction of sp³-hybridized carbons (Fsp3) is 0.667. The van der Waals surface area contributed by atoms with Gasteiger partial charge in [-0.25, -0.2) is 0 Å². The van der Waals surface area contributed by atoms with Gasteiger partial charge >= 0.3 is 0 Å². The maximum atomic E-state index is 3.71. The number of anilines is 1. The molecule has 1 aromatic rings. The molecule has 1 aromatic carbocycles. The van der Waals surface area contributed by atoms with Crippen LogP contribution < -0.4 is 10.2 Å². The quantitative estimate of drug-likeness (QED) is 0.898. The third kappa shape index (κ3) is 2.95. The van der Waals surface area contributed by atoms with Crippen LogP contribution in [0.15, 0.2) is 18.2 Å². The second-order valence-electron chi connectivity index (χ2n) is 7.06. The highest BCUT2D eigenvalue weighted by Crippen LogP contribution is 2.33. The minimum absolute atomic E-state index is 0.386. The summed E-state index contributed by atoms with van der Waals surface area (Å²) >= 11 is 0. The summed E-state index contributed by atoms with van der Waals surface area (Å²) in [5, 5.41) is 3.71. The lowest BCUT2D eigenvalue weighted by Crippen LogP contribution is -2.49. The van der Waals surface area contributed by atoms with E-state index in [1.54, 1.807) is 0 Å². The van der Waals surface area contributed by atoms with E-state index in [-0.39, 0.29) is 0 Å². The second kappa shape index (κ2) is 5.98. The van der Waals surface area contributed by atoms with Gasteiger partial charge in [-0.05, 0) is 50.6 Å². The van der Waals surface area contributed by atoms with E-state index in [2.05, 4.69) is 54.5 Å². The zero-order valence-electron chi connectivity index (χ0n) is 13.8. The van der Waals surface area contributed by atoms with Crippen LogP contribution in [0.4, 0.5) is 5.69 Å². The van der Waals surface area contributed by atoms with Gasteiger partial charge in [-0.1, -0.05) is 25.0 Å². The van der Waals surface area contributed by atoms with Crippen molar-refractivity contribution in [3.63, 3.8) is 0 Å². The number of fused-ring (bicyclic) bond motifs is 1. The van der Waals surface area contributed by atoms with Crippen molar-refractivity contribution >= 4 is 5.69 Å². The number of hydrogen-bond donors (Lipinski definition) is 1. The molecule has 0 bridgehead atoms. The van der Waals surface area contributed by atoms with Crippen molar-refractivity contribution in [2.45, 2.75) is 44.2 Å². The van der Waals surface area contributed by atoms with Crippen molar-refractivity contribution < 1.29 is 0 Å². The Morgan fingerprint density at radius 3 is 2.71 bits per heavy atom. The summed E-state index contributed by atoms with van der Waals surface area (Å²) in [6.07, 6.45) is 6.63. The van der Waals surface area contributed by atoms with Crippen molar-refractivity contribution in [3.05, 3.63) is 29.3 Å². The van der Waals surface area contributed by atoms with Crippen molar-refractivity contribution in [1.29, 1.82) is 0 Å². The first-order valence-electron chi connectivity index (χ1n) is 8.32. The molecular formula is C18H29N3. The first kappa shape index (κ1) is 14.9. The van der Waals surface area contributed by atoms with Gasteiger partial charge in [-0.2, -0.15) is 0 Å². The van der Waals surface area contributed by atoms with Crippen LogP contribution >= 0.6 is 0 Å². The SMILES string of the molecule is CN1CCc2cc(CNCC3(N(C)C)CCCC3)ccc21. The lowest BCUT2D eigenvalue weighted by atomic mass is 9.96. The van der Waals surface area contributed by atoms with Gasteiger partial charge in [0, 0.05) is 37.9 Å². The van der Waals surface area contributed by atoms with Crippen molar-refractivity contribution in [1.82, 2.24) is 10.2 Å². The fourth-order valence-electron chi connectivity index (χ4n) is 3.98. The van der Waals surface area contributed by atoms with Crippen molar-refractivity contribution in [3.8, 4) is 0 Å². The lowest BCUT2D eigenvalue weighted by Gasteiger charge is -2.36. The second-order valence-corrected chi connectivity index (χ2v) is 7.06. The molecule has 3 nitrogen and oxygen atoms in total. The predicted molar refractivity (Wildman–Crippen MR) is 90.0 cm³/mol. The third-order valence-electron chi connectivity index (χ3n) is 5.54. The summed E-state index contributed by atoms with van der Waals surface area (Å²) in [6.45, 7) is 3.26. The minimum atomic E-state index is 0.386. The van der Waals surface area contributed by atoms with Gasteiger partial charge in [-0.3, -0.25) is 0 Å². The van der Waals surface area contributed by atoms with E-state index < -0.39 is 0 Å². The smallest absolute Gasteiger partial charge is 0.0397 e. The molecule has 0 amide bonds. The Balaban J connectivity index is 1.58. The van der Waals surface area contributed by atoms with E-state index in [9.17, 15) is 0 Å². The molecule has 1 N–H and O–H groups in total. The molecular weight excluding hydrogens is 258 g/mol. The molecule has 2 aliphatic rings. The monoisotopic (exact) mass is 287 g/mol. The topological polar surface area (TPSA) is 18.5 Å². The summed E-state index contributed by atoms with van der Waals surface area (Å²) in [5.41, 5.74) is 4.74. The van der Waals surface area contributed by atoms with Gasteiger partial charge in [0.2, 0.25) is 0 Å². The van der Waals surface area contributed by atoms with Crippen LogP contribution in [0.1, 0.15) is 36.8 Å². The normalized spacial score (nSPS) is 20.3. The minimum Gasteiger partial charge on any atom is -0.374 e. The molecule has 1 aliphatic carbocycles. The van der Waals surface area contributed by atoms with E-state index in [4.69, 9.17) is 0 Å². The van der Waals surface area contributed by atoms with Gasteiger partial charge in [-0.15, -0.1) is 0 Å². The molecule has 0 atom stereocenters. The van der Waals surface area contributed by atoms with Gasteiger partial charge in [0.25, 0.3) is 0 Å². The van der Waals surface area contributed by atoms with Crippen LogP contribution in [0, 0.1) is 0 Å². The molecule has 3 rings (SSSR count). The number of rotatable bonds is 5. The summed E-state index contributed by atoms with van der Waals surface area (Å²) < 4.78 is 0. The Morgan fingerprint density at radius 1 is 1.24 bits per heavy atom. The molecule has 0 aromatic heterocycles. The number of nitrogens with one attached hydrogen (secondary N) is 1. The van der Waals surface area contributed by atoms with Gasteiger partial charge in [0.05, 0.1) is 0 Å².